The van der Waals surface area contributed by atoms with Crippen LogP contribution in [0.1, 0.15) is 16.2 Å². The topological polar surface area (TPSA) is 86.9 Å². The van der Waals surface area contributed by atoms with Crippen LogP contribution in [0.25, 0.3) is 11.4 Å². The Morgan fingerprint density at radius 1 is 1.04 bits per heavy atom. The number of methoxy groups -OCH3 is 3. The molecule has 2 aromatic carbocycles. The van der Waals surface area contributed by atoms with E-state index >= 15 is 0 Å². The Hall–Kier alpha value is -3.55. The summed E-state index contributed by atoms with van der Waals surface area (Å²) in [6.45, 7) is 0.155. The Balaban J connectivity index is 1.75. The van der Waals surface area contributed by atoms with Crippen molar-refractivity contribution in [3.05, 3.63) is 53.9 Å². The second kappa shape index (κ2) is 8.43. The van der Waals surface area contributed by atoms with Crippen LogP contribution in [0.2, 0.25) is 0 Å². The van der Waals surface area contributed by atoms with Crippen molar-refractivity contribution in [2.24, 2.45) is 0 Å². The molecule has 3 aromatic rings. The molecule has 3 rings (SSSR count). The molecule has 0 atom stereocenters. The zero-order valence-corrected chi connectivity index (χ0v) is 16.1. The van der Waals surface area contributed by atoms with E-state index in [1.165, 1.54) is 19.1 Å². The zero-order chi connectivity index (χ0) is 20.1. The van der Waals surface area contributed by atoms with Gasteiger partial charge < -0.3 is 23.6 Å². The van der Waals surface area contributed by atoms with Gasteiger partial charge in [0.2, 0.25) is 11.7 Å². The van der Waals surface area contributed by atoms with Gasteiger partial charge in [0.15, 0.2) is 11.5 Å². The number of aromatic nitrogens is 2. The van der Waals surface area contributed by atoms with Gasteiger partial charge in [-0.05, 0) is 36.4 Å². The van der Waals surface area contributed by atoms with Gasteiger partial charge in [-0.25, -0.2) is 0 Å². The highest BCUT2D eigenvalue weighted by molar-refractivity contribution is 5.97. The molecule has 0 saturated heterocycles. The van der Waals surface area contributed by atoms with Crippen molar-refractivity contribution >= 4 is 5.91 Å². The number of rotatable bonds is 7. The number of carbonyl (C=O) groups excluding carboxylic acids is 1. The quantitative estimate of drug-likeness (QED) is 0.620. The molecular formula is C20H21N3O5. The molecule has 1 amide bonds. The van der Waals surface area contributed by atoms with E-state index in [0.29, 0.717) is 28.8 Å². The van der Waals surface area contributed by atoms with Crippen molar-refractivity contribution in [2.45, 2.75) is 6.54 Å². The van der Waals surface area contributed by atoms with Crippen molar-refractivity contribution in [3.8, 4) is 28.6 Å². The van der Waals surface area contributed by atoms with Gasteiger partial charge in [0.25, 0.3) is 5.91 Å². The number of benzene rings is 2. The van der Waals surface area contributed by atoms with Gasteiger partial charge in [-0.15, -0.1) is 0 Å². The molecule has 0 saturated carbocycles. The molecule has 8 heteroatoms. The molecule has 28 heavy (non-hydrogen) atoms. The first-order valence-electron chi connectivity index (χ1n) is 8.50. The SMILES string of the molecule is COc1ccc(-c2noc(CN(C)C(=O)c3cccc(OC)c3OC)n2)cc1. The van der Waals surface area contributed by atoms with Gasteiger partial charge in [-0.1, -0.05) is 11.2 Å². The van der Waals surface area contributed by atoms with Crippen LogP contribution in [0, 0.1) is 0 Å². The largest absolute Gasteiger partial charge is 0.497 e. The lowest BCUT2D eigenvalue weighted by molar-refractivity contribution is 0.0765. The highest BCUT2D eigenvalue weighted by atomic mass is 16.5. The van der Waals surface area contributed by atoms with Crippen LogP contribution < -0.4 is 14.2 Å². The molecule has 0 N–H and O–H groups in total. The maximum atomic E-state index is 12.8. The molecule has 0 aliphatic heterocycles. The minimum atomic E-state index is -0.250. The normalized spacial score (nSPS) is 10.4. The highest BCUT2D eigenvalue weighted by Crippen LogP contribution is 2.31. The van der Waals surface area contributed by atoms with Crippen LogP contribution in [0.3, 0.4) is 0 Å². The van der Waals surface area contributed by atoms with Crippen molar-refractivity contribution in [3.63, 3.8) is 0 Å². The minimum Gasteiger partial charge on any atom is -0.497 e. The molecular weight excluding hydrogens is 362 g/mol. The average Bonchev–Trinajstić information content (AvgIpc) is 3.20. The van der Waals surface area contributed by atoms with Gasteiger partial charge in [0.05, 0.1) is 26.9 Å². The molecule has 0 aliphatic rings. The third-order valence-electron chi connectivity index (χ3n) is 4.17. The molecule has 0 aliphatic carbocycles. The van der Waals surface area contributed by atoms with E-state index in [0.717, 1.165) is 11.3 Å². The fourth-order valence-electron chi connectivity index (χ4n) is 2.71. The summed E-state index contributed by atoms with van der Waals surface area (Å²) in [5, 5.41) is 3.98. The maximum absolute atomic E-state index is 12.8. The van der Waals surface area contributed by atoms with Crippen LogP contribution >= 0.6 is 0 Å². The van der Waals surface area contributed by atoms with Crippen LogP contribution in [-0.2, 0) is 6.54 Å². The van der Waals surface area contributed by atoms with E-state index in [4.69, 9.17) is 18.7 Å². The summed E-state index contributed by atoms with van der Waals surface area (Å²) in [7, 11) is 6.27. The first kappa shape index (κ1) is 19.2. The molecule has 146 valence electrons. The molecule has 0 unspecified atom stereocenters. The third-order valence-corrected chi connectivity index (χ3v) is 4.17. The summed E-state index contributed by atoms with van der Waals surface area (Å²) in [6.07, 6.45) is 0. The Bertz CT molecular complexity index is 953. The highest BCUT2D eigenvalue weighted by Gasteiger charge is 2.21. The summed E-state index contributed by atoms with van der Waals surface area (Å²) in [5.41, 5.74) is 1.18. The molecule has 0 spiro atoms. The maximum Gasteiger partial charge on any atom is 0.257 e. The predicted octanol–water partition coefficient (Wildman–Crippen LogP) is 3.03. The number of nitrogens with zero attached hydrogens (tertiary/aromatic N) is 3. The number of hydrogen-bond donors (Lipinski definition) is 0. The Kier molecular flexibility index (Phi) is 5.78. The van der Waals surface area contributed by atoms with Gasteiger partial charge in [0, 0.05) is 12.6 Å². The molecule has 0 fully saturated rings. The number of hydrogen-bond acceptors (Lipinski definition) is 7. The second-order valence-corrected chi connectivity index (χ2v) is 5.94. The van der Waals surface area contributed by atoms with Crippen LogP contribution in [0.4, 0.5) is 0 Å². The van der Waals surface area contributed by atoms with Crippen LogP contribution in [-0.4, -0.2) is 49.3 Å². The monoisotopic (exact) mass is 383 g/mol. The number of amides is 1. The predicted molar refractivity (Wildman–Crippen MR) is 102 cm³/mol. The molecule has 0 bridgehead atoms. The van der Waals surface area contributed by atoms with Crippen molar-refractivity contribution in [1.82, 2.24) is 15.0 Å². The smallest absolute Gasteiger partial charge is 0.257 e. The molecule has 0 radical (unpaired) electrons. The molecule has 1 aromatic heterocycles. The van der Waals surface area contributed by atoms with E-state index in [9.17, 15) is 4.79 Å². The number of ether oxygens (including phenoxy) is 3. The zero-order valence-electron chi connectivity index (χ0n) is 16.1. The van der Waals surface area contributed by atoms with Crippen LogP contribution in [0.15, 0.2) is 47.0 Å². The Morgan fingerprint density at radius 2 is 1.79 bits per heavy atom. The van der Waals surface area contributed by atoms with E-state index < -0.39 is 0 Å². The summed E-state index contributed by atoms with van der Waals surface area (Å²) in [6, 6.07) is 12.4. The van der Waals surface area contributed by atoms with Gasteiger partial charge in [0.1, 0.15) is 12.3 Å². The lowest BCUT2D eigenvalue weighted by Gasteiger charge is -2.18. The van der Waals surface area contributed by atoms with Gasteiger partial charge in [-0.3, -0.25) is 4.79 Å². The van der Waals surface area contributed by atoms with E-state index in [2.05, 4.69) is 10.1 Å². The third kappa shape index (κ3) is 3.90. The summed E-state index contributed by atoms with van der Waals surface area (Å²) in [5.74, 6) is 2.12. The molecule has 1 heterocycles. The fourth-order valence-corrected chi connectivity index (χ4v) is 2.71. The van der Waals surface area contributed by atoms with E-state index in [-0.39, 0.29) is 12.5 Å². The lowest BCUT2D eigenvalue weighted by atomic mass is 10.1. The van der Waals surface area contributed by atoms with Crippen molar-refractivity contribution in [2.75, 3.05) is 28.4 Å². The Morgan fingerprint density at radius 3 is 2.43 bits per heavy atom. The molecule has 8 nitrogen and oxygen atoms in total. The minimum absolute atomic E-state index is 0.155. The first-order chi connectivity index (χ1) is 13.6. The lowest BCUT2D eigenvalue weighted by Crippen LogP contribution is -2.26. The van der Waals surface area contributed by atoms with E-state index in [1.807, 2.05) is 24.3 Å². The summed E-state index contributed by atoms with van der Waals surface area (Å²) >= 11 is 0. The fraction of sp³-hybridized carbons (Fsp3) is 0.250. The summed E-state index contributed by atoms with van der Waals surface area (Å²) < 4.78 is 21.0. The van der Waals surface area contributed by atoms with Gasteiger partial charge >= 0.3 is 0 Å². The first-order valence-corrected chi connectivity index (χ1v) is 8.50. The van der Waals surface area contributed by atoms with Crippen molar-refractivity contribution in [1.29, 1.82) is 0 Å². The van der Waals surface area contributed by atoms with Crippen molar-refractivity contribution < 1.29 is 23.5 Å². The van der Waals surface area contributed by atoms with Crippen LogP contribution in [0.5, 0.6) is 17.2 Å². The standard InChI is InChI=1S/C20H21N3O5/c1-23(20(24)15-6-5-7-16(26-3)18(15)27-4)12-17-21-19(22-28-17)13-8-10-14(25-2)11-9-13/h5-11H,12H2,1-4H3. The second-order valence-electron chi connectivity index (χ2n) is 5.94. The average molecular weight is 383 g/mol. The summed E-state index contributed by atoms with van der Waals surface area (Å²) in [4.78, 5) is 18.7. The van der Waals surface area contributed by atoms with Gasteiger partial charge in [-0.2, -0.15) is 4.98 Å². The number of para-hydroxylation sites is 1. The number of carbonyl (C=O) groups is 1. The Labute approximate surface area is 162 Å². The van der Waals surface area contributed by atoms with E-state index in [1.54, 1.807) is 32.4 Å².